The Balaban J connectivity index is 2.15. The molecule has 0 unspecified atom stereocenters. The van der Waals surface area contributed by atoms with E-state index >= 15 is 0 Å². The molecule has 0 bridgehead atoms. The van der Waals surface area contributed by atoms with Gasteiger partial charge in [-0.25, -0.2) is 0 Å². The zero-order valence-corrected chi connectivity index (χ0v) is 10.6. The van der Waals surface area contributed by atoms with Crippen molar-refractivity contribution >= 4 is 22.5 Å². The minimum atomic E-state index is -0.109. The van der Waals surface area contributed by atoms with E-state index in [9.17, 15) is 4.79 Å². The number of hydrogen-bond donors (Lipinski definition) is 3. The number of carbonyl (C=O) groups is 1. The fraction of sp³-hybridized carbons (Fsp3) is 0.214. The highest BCUT2D eigenvalue weighted by Crippen LogP contribution is 2.18. The van der Waals surface area contributed by atoms with Gasteiger partial charge in [-0.2, -0.15) is 0 Å². The molecule has 94 valence electrons. The third kappa shape index (κ3) is 2.71. The van der Waals surface area contributed by atoms with Crippen LogP contribution in [-0.2, 0) is 0 Å². The molecular weight excluding hydrogens is 226 g/mol. The van der Waals surface area contributed by atoms with Gasteiger partial charge in [-0.3, -0.25) is 4.79 Å². The molecule has 0 saturated heterocycles. The first kappa shape index (κ1) is 12.2. The summed E-state index contributed by atoms with van der Waals surface area (Å²) in [5, 5.41) is 3.77. The predicted molar refractivity (Wildman–Crippen MR) is 74.5 cm³/mol. The molecular formula is C14H17N3O. The van der Waals surface area contributed by atoms with Gasteiger partial charge < -0.3 is 16.0 Å². The normalized spacial score (nSPS) is 10.3. The number of allylic oxidation sites excluding steroid dienone is 1. The van der Waals surface area contributed by atoms with Crippen molar-refractivity contribution < 1.29 is 4.79 Å². The minimum absolute atomic E-state index is 0.109. The highest BCUT2D eigenvalue weighted by molar-refractivity contribution is 5.98. The molecule has 0 aliphatic heterocycles. The lowest BCUT2D eigenvalue weighted by atomic mass is 10.2. The van der Waals surface area contributed by atoms with Crippen LogP contribution < -0.4 is 11.1 Å². The van der Waals surface area contributed by atoms with Crippen LogP contribution in [0.25, 0.3) is 10.9 Å². The number of aromatic amines is 1. The zero-order valence-electron chi connectivity index (χ0n) is 10.6. The number of nitrogen functional groups attached to an aromatic ring is 1. The predicted octanol–water partition coefficient (Wildman–Crippen LogP) is 2.45. The highest BCUT2D eigenvalue weighted by atomic mass is 16.1. The van der Waals surface area contributed by atoms with Crippen LogP contribution in [0.5, 0.6) is 0 Å². The molecule has 0 aliphatic carbocycles. The summed E-state index contributed by atoms with van der Waals surface area (Å²) >= 11 is 0. The van der Waals surface area contributed by atoms with E-state index in [2.05, 4.69) is 10.3 Å². The van der Waals surface area contributed by atoms with Gasteiger partial charge in [-0.15, -0.1) is 0 Å². The first-order chi connectivity index (χ1) is 8.56. The second-order valence-electron chi connectivity index (χ2n) is 4.52. The van der Waals surface area contributed by atoms with Gasteiger partial charge in [0.2, 0.25) is 0 Å². The number of carbonyl (C=O) groups excluding carboxylic acids is 1. The maximum absolute atomic E-state index is 11.9. The fourth-order valence-electron chi connectivity index (χ4n) is 1.72. The van der Waals surface area contributed by atoms with Gasteiger partial charge in [-0.05, 0) is 38.1 Å². The van der Waals surface area contributed by atoms with E-state index in [0.717, 1.165) is 10.9 Å². The molecule has 1 aromatic heterocycles. The Morgan fingerprint density at radius 3 is 2.89 bits per heavy atom. The quantitative estimate of drug-likeness (QED) is 0.572. The third-order valence-electron chi connectivity index (χ3n) is 2.66. The van der Waals surface area contributed by atoms with E-state index in [-0.39, 0.29) is 5.91 Å². The summed E-state index contributed by atoms with van der Waals surface area (Å²) in [4.78, 5) is 15.0. The molecule has 0 radical (unpaired) electrons. The van der Waals surface area contributed by atoms with Crippen molar-refractivity contribution in [3.8, 4) is 0 Å². The number of hydrogen-bond acceptors (Lipinski definition) is 2. The number of amides is 1. The van der Waals surface area contributed by atoms with E-state index in [0.29, 0.717) is 17.9 Å². The fourth-order valence-corrected chi connectivity index (χ4v) is 1.72. The van der Waals surface area contributed by atoms with Crippen LogP contribution in [0.4, 0.5) is 5.69 Å². The summed E-state index contributed by atoms with van der Waals surface area (Å²) in [6.45, 7) is 4.54. The lowest BCUT2D eigenvalue weighted by Gasteiger charge is -1.99. The Morgan fingerprint density at radius 2 is 2.17 bits per heavy atom. The Kier molecular flexibility index (Phi) is 3.37. The smallest absolute Gasteiger partial charge is 0.267 e. The second-order valence-corrected chi connectivity index (χ2v) is 4.52. The number of fused-ring (bicyclic) bond motifs is 1. The van der Waals surface area contributed by atoms with Gasteiger partial charge in [0, 0.05) is 23.1 Å². The van der Waals surface area contributed by atoms with Crippen LogP contribution in [0.1, 0.15) is 24.3 Å². The van der Waals surface area contributed by atoms with Crippen LogP contribution in [-0.4, -0.2) is 17.4 Å². The molecule has 0 fully saturated rings. The van der Waals surface area contributed by atoms with E-state index < -0.39 is 0 Å². The van der Waals surface area contributed by atoms with Crippen LogP contribution in [0, 0.1) is 0 Å². The van der Waals surface area contributed by atoms with Crippen molar-refractivity contribution in [3.05, 3.63) is 41.6 Å². The topological polar surface area (TPSA) is 70.9 Å². The van der Waals surface area contributed by atoms with Crippen molar-refractivity contribution in [1.29, 1.82) is 0 Å². The maximum Gasteiger partial charge on any atom is 0.267 e. The lowest BCUT2D eigenvalue weighted by Crippen LogP contribution is -2.23. The van der Waals surface area contributed by atoms with Crippen LogP contribution in [0.15, 0.2) is 35.9 Å². The number of benzene rings is 1. The minimum Gasteiger partial charge on any atom is -0.399 e. The van der Waals surface area contributed by atoms with Gasteiger partial charge in [-0.1, -0.05) is 11.6 Å². The monoisotopic (exact) mass is 243 g/mol. The van der Waals surface area contributed by atoms with Crippen molar-refractivity contribution in [2.24, 2.45) is 0 Å². The lowest BCUT2D eigenvalue weighted by molar-refractivity contribution is 0.0954. The molecule has 0 atom stereocenters. The molecule has 2 aromatic rings. The second kappa shape index (κ2) is 4.96. The summed E-state index contributed by atoms with van der Waals surface area (Å²) in [7, 11) is 0. The van der Waals surface area contributed by atoms with Gasteiger partial charge in [0.1, 0.15) is 5.69 Å². The van der Waals surface area contributed by atoms with E-state index in [4.69, 9.17) is 5.73 Å². The van der Waals surface area contributed by atoms with Crippen molar-refractivity contribution in [1.82, 2.24) is 10.3 Å². The van der Waals surface area contributed by atoms with E-state index in [1.165, 1.54) is 5.57 Å². The molecule has 0 saturated carbocycles. The average Bonchev–Trinajstić information content (AvgIpc) is 2.71. The summed E-state index contributed by atoms with van der Waals surface area (Å²) in [6, 6.07) is 7.34. The molecule has 18 heavy (non-hydrogen) atoms. The average molecular weight is 243 g/mol. The Morgan fingerprint density at radius 1 is 1.39 bits per heavy atom. The summed E-state index contributed by atoms with van der Waals surface area (Å²) < 4.78 is 0. The molecule has 4 nitrogen and oxygen atoms in total. The number of rotatable bonds is 3. The molecule has 4 N–H and O–H groups in total. The number of anilines is 1. The molecule has 1 heterocycles. The Bertz CT molecular complexity index is 607. The van der Waals surface area contributed by atoms with Crippen molar-refractivity contribution in [3.63, 3.8) is 0 Å². The summed E-state index contributed by atoms with van der Waals surface area (Å²) in [5.74, 6) is -0.109. The zero-order chi connectivity index (χ0) is 13.1. The molecule has 1 aromatic carbocycles. The number of nitrogens with one attached hydrogen (secondary N) is 2. The SMILES string of the molecule is CC(C)=CCNC(=O)c1cc2cc(N)ccc2[nH]1. The number of H-pyrrole nitrogens is 1. The maximum atomic E-state index is 11.9. The molecule has 2 rings (SSSR count). The van der Waals surface area contributed by atoms with Crippen molar-refractivity contribution in [2.45, 2.75) is 13.8 Å². The van der Waals surface area contributed by atoms with Crippen LogP contribution >= 0.6 is 0 Å². The van der Waals surface area contributed by atoms with E-state index in [1.54, 1.807) is 0 Å². The Labute approximate surface area is 106 Å². The molecule has 0 aliphatic rings. The van der Waals surface area contributed by atoms with E-state index in [1.807, 2.05) is 44.2 Å². The molecule has 0 spiro atoms. The first-order valence-corrected chi connectivity index (χ1v) is 5.86. The molecule has 4 heteroatoms. The number of nitrogens with two attached hydrogens (primary N) is 1. The largest absolute Gasteiger partial charge is 0.399 e. The van der Waals surface area contributed by atoms with Crippen LogP contribution in [0.3, 0.4) is 0 Å². The standard InChI is InChI=1S/C14H17N3O/c1-9(2)5-6-16-14(18)13-8-10-7-11(15)3-4-12(10)17-13/h3-5,7-8,17H,6,15H2,1-2H3,(H,16,18). The molecule has 1 amide bonds. The van der Waals surface area contributed by atoms with Gasteiger partial charge in [0.15, 0.2) is 0 Å². The summed E-state index contributed by atoms with van der Waals surface area (Å²) in [5.41, 5.74) is 9.04. The van der Waals surface area contributed by atoms with Gasteiger partial charge in [0.05, 0.1) is 0 Å². The first-order valence-electron chi connectivity index (χ1n) is 5.86. The highest BCUT2D eigenvalue weighted by Gasteiger charge is 2.08. The van der Waals surface area contributed by atoms with Crippen molar-refractivity contribution in [2.75, 3.05) is 12.3 Å². The Hall–Kier alpha value is -2.23. The summed E-state index contributed by atoms with van der Waals surface area (Å²) in [6.07, 6.45) is 1.97. The van der Waals surface area contributed by atoms with Gasteiger partial charge >= 0.3 is 0 Å². The number of aromatic nitrogens is 1. The van der Waals surface area contributed by atoms with Gasteiger partial charge in [0.25, 0.3) is 5.91 Å². The third-order valence-corrected chi connectivity index (χ3v) is 2.66. The van der Waals surface area contributed by atoms with Crippen LogP contribution in [0.2, 0.25) is 0 Å².